The average Bonchev–Trinajstić information content (AvgIpc) is 3.35. The summed E-state index contributed by atoms with van der Waals surface area (Å²) >= 11 is 0. The van der Waals surface area contributed by atoms with Crippen molar-refractivity contribution < 1.29 is 14.0 Å². The van der Waals surface area contributed by atoms with Crippen molar-refractivity contribution >= 4 is 23.2 Å². The van der Waals surface area contributed by atoms with Crippen LogP contribution in [0.5, 0.6) is 0 Å². The number of rotatable bonds is 4. The van der Waals surface area contributed by atoms with Crippen LogP contribution >= 0.6 is 0 Å². The van der Waals surface area contributed by atoms with Crippen molar-refractivity contribution in [3.8, 4) is 11.1 Å². The molecule has 2 amide bonds. The molecule has 1 N–H and O–H groups in total. The van der Waals surface area contributed by atoms with Crippen LogP contribution in [0.3, 0.4) is 0 Å². The minimum absolute atomic E-state index is 0.376. The normalized spacial score (nSPS) is 18.0. The van der Waals surface area contributed by atoms with Gasteiger partial charge in [0, 0.05) is 54.6 Å². The Bertz CT molecular complexity index is 1170. The van der Waals surface area contributed by atoms with Crippen molar-refractivity contribution in [3.63, 3.8) is 0 Å². The number of carbonyl (C=O) groups excluding carboxylic acids is 2. The van der Waals surface area contributed by atoms with Gasteiger partial charge in [0.2, 0.25) is 0 Å². The molecular formula is C25H24N4O3. The number of pyridine rings is 1. The molecule has 0 saturated carbocycles. The van der Waals surface area contributed by atoms with E-state index < -0.39 is 0 Å². The van der Waals surface area contributed by atoms with Crippen LogP contribution in [0.15, 0.2) is 65.6 Å². The van der Waals surface area contributed by atoms with Gasteiger partial charge in [0.25, 0.3) is 11.8 Å². The molecule has 0 unspecified atom stereocenters. The number of fused-ring (bicyclic) bond motifs is 1. The van der Waals surface area contributed by atoms with Gasteiger partial charge in [0.15, 0.2) is 0 Å². The summed E-state index contributed by atoms with van der Waals surface area (Å²) < 4.78 is 5.17. The molecule has 162 valence electrons. The number of nitrogens with zero attached hydrogens (tertiary/aromatic N) is 3. The number of benzene rings is 1. The molecule has 2 aliphatic rings. The van der Waals surface area contributed by atoms with E-state index in [0.717, 1.165) is 48.7 Å². The standard InChI is InChI=1S/C25H24N4O3/c1-28-9-11-29(12-10-28)23-7-3-17(15-26-23)2-5-20-22-14-18(19-8-13-32-16-19)4-6-21(22)25(31)27-24(20)30/h3-8,13-16H,2,9-12H2,1H3,(H,27,30,31)/b20-5-. The summed E-state index contributed by atoms with van der Waals surface area (Å²) in [7, 11) is 2.13. The maximum atomic E-state index is 12.6. The Morgan fingerprint density at radius 3 is 2.56 bits per heavy atom. The number of imide groups is 1. The number of hydrogen-bond acceptors (Lipinski definition) is 6. The van der Waals surface area contributed by atoms with Crippen molar-refractivity contribution in [3.05, 3.63) is 77.9 Å². The van der Waals surface area contributed by atoms with Gasteiger partial charge in [0.05, 0.1) is 12.5 Å². The van der Waals surface area contributed by atoms with Crippen molar-refractivity contribution in [1.29, 1.82) is 0 Å². The largest absolute Gasteiger partial charge is 0.472 e. The van der Waals surface area contributed by atoms with Crippen LogP contribution in [0.1, 0.15) is 21.5 Å². The Labute approximate surface area is 186 Å². The first-order valence-electron chi connectivity index (χ1n) is 10.7. The average molecular weight is 428 g/mol. The van der Waals surface area contributed by atoms with Crippen LogP contribution < -0.4 is 10.2 Å². The van der Waals surface area contributed by atoms with Crippen LogP contribution in [0, 0.1) is 0 Å². The second-order valence-electron chi connectivity index (χ2n) is 8.19. The number of likely N-dealkylation sites (N-methyl/N-ethyl adjacent to an activating group) is 1. The number of anilines is 1. The second-order valence-corrected chi connectivity index (χ2v) is 8.19. The number of hydrogen-bond donors (Lipinski definition) is 1. The number of aromatic nitrogens is 1. The van der Waals surface area contributed by atoms with E-state index in [2.05, 4.69) is 27.1 Å². The van der Waals surface area contributed by atoms with Crippen molar-refractivity contribution in [2.45, 2.75) is 6.42 Å². The fourth-order valence-corrected chi connectivity index (χ4v) is 4.12. The molecule has 4 heterocycles. The first-order chi connectivity index (χ1) is 15.6. The summed E-state index contributed by atoms with van der Waals surface area (Å²) in [6, 6.07) is 11.4. The monoisotopic (exact) mass is 428 g/mol. The Morgan fingerprint density at radius 1 is 1.00 bits per heavy atom. The van der Waals surface area contributed by atoms with E-state index in [1.54, 1.807) is 18.6 Å². The molecule has 0 spiro atoms. The number of amides is 2. The van der Waals surface area contributed by atoms with E-state index in [1.807, 2.05) is 42.6 Å². The lowest BCUT2D eigenvalue weighted by Gasteiger charge is -2.33. The first kappa shape index (κ1) is 20.2. The molecule has 2 aliphatic heterocycles. The molecule has 7 nitrogen and oxygen atoms in total. The molecule has 3 aromatic rings. The highest BCUT2D eigenvalue weighted by Gasteiger charge is 2.27. The molecule has 7 heteroatoms. The first-order valence-corrected chi connectivity index (χ1v) is 10.7. The SMILES string of the molecule is CN1CCN(c2ccc(C/C=C3\C(=O)NC(=O)c4ccc(-c5ccoc5)cc43)cn2)CC1. The number of piperazine rings is 1. The van der Waals surface area contributed by atoms with E-state index in [1.165, 1.54) is 0 Å². The molecule has 0 bridgehead atoms. The van der Waals surface area contributed by atoms with Gasteiger partial charge in [0.1, 0.15) is 5.82 Å². The highest BCUT2D eigenvalue weighted by molar-refractivity contribution is 6.31. The molecular weight excluding hydrogens is 404 g/mol. The lowest BCUT2D eigenvalue weighted by atomic mass is 9.91. The Balaban J connectivity index is 1.39. The summed E-state index contributed by atoms with van der Waals surface area (Å²) in [6.07, 6.45) is 7.51. The number of nitrogens with one attached hydrogen (secondary N) is 1. The molecule has 0 aliphatic carbocycles. The summed E-state index contributed by atoms with van der Waals surface area (Å²) in [5.41, 5.74) is 4.42. The predicted molar refractivity (Wildman–Crippen MR) is 122 cm³/mol. The summed E-state index contributed by atoms with van der Waals surface area (Å²) in [5.74, 6) is 0.221. The Hall–Kier alpha value is -3.71. The Morgan fingerprint density at radius 2 is 1.84 bits per heavy atom. The van der Waals surface area contributed by atoms with Gasteiger partial charge in [-0.2, -0.15) is 0 Å². The van der Waals surface area contributed by atoms with E-state index in [4.69, 9.17) is 4.42 Å². The number of furan rings is 1. The second kappa shape index (κ2) is 8.43. The molecule has 5 rings (SSSR count). The highest BCUT2D eigenvalue weighted by atomic mass is 16.3. The maximum Gasteiger partial charge on any atom is 0.258 e. The summed E-state index contributed by atoms with van der Waals surface area (Å²) in [5, 5.41) is 2.44. The van der Waals surface area contributed by atoms with E-state index in [-0.39, 0.29) is 11.8 Å². The van der Waals surface area contributed by atoms with Crippen molar-refractivity contribution in [2.75, 3.05) is 38.1 Å². The van der Waals surface area contributed by atoms with Gasteiger partial charge < -0.3 is 14.2 Å². The third kappa shape index (κ3) is 3.94. The zero-order valence-electron chi connectivity index (χ0n) is 17.9. The van der Waals surface area contributed by atoms with Crippen molar-refractivity contribution in [2.24, 2.45) is 0 Å². The molecule has 1 fully saturated rings. The topological polar surface area (TPSA) is 78.7 Å². The van der Waals surface area contributed by atoms with Crippen molar-refractivity contribution in [1.82, 2.24) is 15.2 Å². The van der Waals surface area contributed by atoms with Crippen LogP contribution in [0.2, 0.25) is 0 Å². The third-order valence-corrected chi connectivity index (χ3v) is 6.06. The van der Waals surface area contributed by atoms with Gasteiger partial charge >= 0.3 is 0 Å². The molecule has 1 aromatic carbocycles. The fourth-order valence-electron chi connectivity index (χ4n) is 4.12. The lowest BCUT2D eigenvalue weighted by molar-refractivity contribution is -0.114. The smallest absolute Gasteiger partial charge is 0.258 e. The van der Waals surface area contributed by atoms with Gasteiger partial charge in [-0.25, -0.2) is 4.98 Å². The van der Waals surface area contributed by atoms with Gasteiger partial charge in [-0.05, 0) is 48.9 Å². The summed E-state index contributed by atoms with van der Waals surface area (Å²) in [4.78, 5) is 34.2. The summed E-state index contributed by atoms with van der Waals surface area (Å²) in [6.45, 7) is 4.00. The fraction of sp³-hybridized carbons (Fsp3) is 0.240. The molecule has 2 aromatic heterocycles. The zero-order valence-corrected chi connectivity index (χ0v) is 17.9. The van der Waals surface area contributed by atoms with Crippen LogP contribution in [0.4, 0.5) is 5.82 Å². The maximum absolute atomic E-state index is 12.6. The zero-order chi connectivity index (χ0) is 22.1. The lowest BCUT2D eigenvalue weighted by Crippen LogP contribution is -2.44. The number of allylic oxidation sites excluding steroid dienone is 1. The highest BCUT2D eigenvalue weighted by Crippen LogP contribution is 2.30. The molecule has 32 heavy (non-hydrogen) atoms. The molecule has 0 radical (unpaired) electrons. The Kier molecular flexibility index (Phi) is 5.33. The molecule has 0 atom stereocenters. The third-order valence-electron chi connectivity index (χ3n) is 6.06. The van der Waals surface area contributed by atoms with E-state index in [0.29, 0.717) is 23.1 Å². The van der Waals surface area contributed by atoms with Gasteiger partial charge in [-0.1, -0.05) is 18.2 Å². The quantitative estimate of drug-likeness (QED) is 0.509. The molecule has 1 saturated heterocycles. The van der Waals surface area contributed by atoms with E-state index in [9.17, 15) is 9.59 Å². The van der Waals surface area contributed by atoms with Gasteiger partial charge in [-0.3, -0.25) is 14.9 Å². The number of carbonyl (C=O) groups is 2. The van der Waals surface area contributed by atoms with Gasteiger partial charge in [-0.15, -0.1) is 0 Å². The van der Waals surface area contributed by atoms with Crippen LogP contribution in [-0.4, -0.2) is 54.9 Å². The van der Waals surface area contributed by atoms with Crippen LogP contribution in [-0.2, 0) is 11.2 Å². The van der Waals surface area contributed by atoms with E-state index >= 15 is 0 Å². The minimum Gasteiger partial charge on any atom is -0.472 e. The minimum atomic E-state index is -0.381. The predicted octanol–water partition coefficient (Wildman–Crippen LogP) is 2.99. The van der Waals surface area contributed by atoms with Crippen LogP contribution in [0.25, 0.3) is 16.7 Å².